The summed E-state index contributed by atoms with van der Waals surface area (Å²) >= 11 is 0. The van der Waals surface area contributed by atoms with Crippen LogP contribution in [0.2, 0.25) is 0 Å². The first-order valence-electron chi connectivity index (χ1n) is 11.5. The molecule has 4 saturated heterocycles. The highest BCUT2D eigenvalue weighted by Gasteiger charge is 2.43. The molecule has 0 radical (unpaired) electrons. The van der Waals surface area contributed by atoms with Gasteiger partial charge in [0.05, 0.1) is 59.1 Å². The summed E-state index contributed by atoms with van der Waals surface area (Å²) in [4.78, 5) is 16.7. The van der Waals surface area contributed by atoms with E-state index in [1.165, 1.54) is 0 Å². The molecule has 0 spiro atoms. The Balaban J connectivity index is 1.52. The van der Waals surface area contributed by atoms with Gasteiger partial charge in [-0.1, -0.05) is 0 Å². The van der Waals surface area contributed by atoms with Crippen molar-refractivity contribution in [2.24, 2.45) is 0 Å². The molecule has 15 heteroatoms. The summed E-state index contributed by atoms with van der Waals surface area (Å²) < 4.78 is 96.6. The molecule has 0 N–H and O–H groups in total. The van der Waals surface area contributed by atoms with Crippen LogP contribution < -0.4 is 0 Å². The average molecular weight is 561 g/mol. The van der Waals surface area contributed by atoms with Gasteiger partial charge in [-0.25, -0.2) is 33.7 Å². The number of Topliss-reactive ketones (excluding diaryl/α,β-unsaturated/α-hetero) is 1. The summed E-state index contributed by atoms with van der Waals surface area (Å²) in [5.41, 5.74) is 0. The predicted octanol–water partition coefficient (Wildman–Crippen LogP) is -2.09. The maximum atomic E-state index is 13.3. The number of hydrogen-bond acceptors (Lipinski definition) is 11. The second kappa shape index (κ2) is 9.36. The van der Waals surface area contributed by atoms with E-state index in [9.17, 15) is 38.5 Å². The van der Waals surface area contributed by atoms with E-state index in [1.54, 1.807) is 9.80 Å². The topological polar surface area (TPSA) is 160 Å². The first-order valence-corrected chi connectivity index (χ1v) is 18.8. The molecule has 0 amide bonds. The van der Waals surface area contributed by atoms with E-state index >= 15 is 0 Å². The molecule has 0 aromatic carbocycles. The lowest BCUT2D eigenvalue weighted by atomic mass is 10.1. The van der Waals surface area contributed by atoms with Gasteiger partial charge in [-0.3, -0.25) is 14.6 Å². The zero-order valence-electron chi connectivity index (χ0n) is 18.9. The Kier molecular flexibility index (Phi) is 7.28. The molecule has 196 valence electrons. The molecule has 34 heavy (non-hydrogen) atoms. The number of ketones is 1. The standard InChI is InChI=1S/C19H32N2O9S4/c22-19(9-20(15-1-5-31(23,24)11-15)16-2-6-32(25,26)12-16)10-21(17-3-7-33(27,28)13-17)18-4-8-34(29,30)14-18/h15-18H,1-14H2/t15-,16-,17-,18-/m1/s1. The Morgan fingerprint density at radius 1 is 0.500 bits per heavy atom. The maximum absolute atomic E-state index is 13.3. The lowest BCUT2D eigenvalue weighted by Gasteiger charge is -2.35. The fraction of sp³-hybridized carbons (Fsp3) is 0.947. The van der Waals surface area contributed by atoms with Crippen molar-refractivity contribution in [1.29, 1.82) is 0 Å². The molecule has 4 heterocycles. The van der Waals surface area contributed by atoms with E-state index in [0.717, 1.165) is 0 Å². The molecule has 11 nitrogen and oxygen atoms in total. The van der Waals surface area contributed by atoms with Crippen molar-refractivity contribution in [3.63, 3.8) is 0 Å². The number of rotatable bonds is 8. The summed E-state index contributed by atoms with van der Waals surface area (Å²) in [7, 11) is -13.0. The van der Waals surface area contributed by atoms with Crippen molar-refractivity contribution in [3.8, 4) is 0 Å². The third kappa shape index (κ3) is 6.38. The van der Waals surface area contributed by atoms with Gasteiger partial charge in [-0.05, 0) is 25.7 Å². The first-order chi connectivity index (χ1) is 15.6. The molecule has 0 bridgehead atoms. The van der Waals surface area contributed by atoms with Crippen LogP contribution in [0.3, 0.4) is 0 Å². The van der Waals surface area contributed by atoms with Crippen LogP contribution in [0.5, 0.6) is 0 Å². The van der Waals surface area contributed by atoms with Crippen molar-refractivity contribution >= 4 is 45.1 Å². The third-order valence-electron chi connectivity index (χ3n) is 7.43. The highest BCUT2D eigenvalue weighted by molar-refractivity contribution is 7.92. The predicted molar refractivity (Wildman–Crippen MR) is 127 cm³/mol. The lowest BCUT2D eigenvalue weighted by molar-refractivity contribution is -0.123. The Bertz CT molecular complexity index is 1060. The van der Waals surface area contributed by atoms with Crippen LogP contribution >= 0.6 is 0 Å². The SMILES string of the molecule is O=C(CN([C@@H]1CCS(=O)(=O)C1)[C@@H]1CCS(=O)(=O)C1)CN([C@@H]1CCS(=O)(=O)C1)[C@@H]1CCS(=O)(=O)C1. The van der Waals surface area contributed by atoms with Crippen LogP contribution in [-0.2, 0) is 44.1 Å². The van der Waals surface area contributed by atoms with Gasteiger partial charge in [0.25, 0.3) is 0 Å². The normalized spacial score (nSPS) is 35.8. The van der Waals surface area contributed by atoms with Crippen molar-refractivity contribution in [2.75, 3.05) is 59.1 Å². The van der Waals surface area contributed by atoms with Gasteiger partial charge in [-0.15, -0.1) is 0 Å². The molecule has 4 rings (SSSR count). The number of hydrogen-bond donors (Lipinski definition) is 0. The summed E-state index contributed by atoms with van der Waals surface area (Å²) in [5, 5.41) is 0. The minimum Gasteiger partial charge on any atom is -0.297 e. The van der Waals surface area contributed by atoms with E-state index in [1.807, 2.05) is 0 Å². The fourth-order valence-electron chi connectivity index (χ4n) is 5.72. The van der Waals surface area contributed by atoms with Crippen LogP contribution in [0.25, 0.3) is 0 Å². The van der Waals surface area contributed by atoms with Gasteiger partial charge in [0.2, 0.25) is 0 Å². The Labute approximate surface area is 201 Å². The van der Waals surface area contributed by atoms with Crippen LogP contribution in [-0.4, -0.2) is 133 Å². The maximum Gasteiger partial charge on any atom is 0.160 e. The fourth-order valence-corrected chi connectivity index (χ4v) is 12.7. The third-order valence-corrected chi connectivity index (χ3v) is 14.4. The van der Waals surface area contributed by atoms with Gasteiger partial charge in [-0.2, -0.15) is 0 Å². The smallest absolute Gasteiger partial charge is 0.160 e. The summed E-state index contributed by atoms with van der Waals surface area (Å²) in [5.74, 6) is -0.805. The molecule has 4 aliphatic rings. The Morgan fingerprint density at radius 3 is 0.912 bits per heavy atom. The van der Waals surface area contributed by atoms with Gasteiger partial charge in [0, 0.05) is 24.2 Å². The van der Waals surface area contributed by atoms with Crippen molar-refractivity contribution in [3.05, 3.63) is 0 Å². The van der Waals surface area contributed by atoms with E-state index < -0.39 is 63.5 Å². The van der Waals surface area contributed by atoms with Crippen LogP contribution in [0.15, 0.2) is 0 Å². The molecular formula is C19H32N2O9S4. The summed E-state index contributed by atoms with van der Waals surface area (Å²) in [6.07, 6.45) is 1.32. The van der Waals surface area contributed by atoms with E-state index in [-0.39, 0.29) is 64.9 Å². The monoisotopic (exact) mass is 560 g/mol. The van der Waals surface area contributed by atoms with E-state index in [0.29, 0.717) is 25.7 Å². The Morgan fingerprint density at radius 2 is 0.735 bits per heavy atom. The second-order valence-corrected chi connectivity index (χ2v) is 19.0. The van der Waals surface area contributed by atoms with Gasteiger partial charge < -0.3 is 0 Å². The van der Waals surface area contributed by atoms with Crippen LogP contribution in [0.1, 0.15) is 25.7 Å². The largest absolute Gasteiger partial charge is 0.297 e. The first kappa shape index (κ1) is 26.5. The van der Waals surface area contributed by atoms with Crippen LogP contribution in [0, 0.1) is 0 Å². The molecule has 0 aromatic rings. The quantitative estimate of drug-likeness (QED) is 0.320. The highest BCUT2D eigenvalue weighted by atomic mass is 32.2. The average Bonchev–Trinajstić information content (AvgIpc) is 3.44. The number of carbonyl (C=O) groups is 1. The molecule has 0 saturated carbocycles. The number of sulfone groups is 4. The number of nitrogens with zero attached hydrogens (tertiary/aromatic N) is 2. The Hall–Kier alpha value is -0.610. The van der Waals surface area contributed by atoms with Crippen molar-refractivity contribution in [1.82, 2.24) is 9.80 Å². The highest BCUT2D eigenvalue weighted by Crippen LogP contribution is 2.28. The zero-order valence-corrected chi connectivity index (χ0v) is 22.2. The van der Waals surface area contributed by atoms with Crippen LogP contribution in [0.4, 0.5) is 0 Å². The zero-order chi connectivity index (χ0) is 24.9. The minimum atomic E-state index is -3.26. The van der Waals surface area contributed by atoms with Crippen molar-refractivity contribution in [2.45, 2.75) is 49.9 Å². The van der Waals surface area contributed by atoms with Gasteiger partial charge >= 0.3 is 0 Å². The molecule has 4 fully saturated rings. The second-order valence-electron chi connectivity index (χ2n) is 10.1. The van der Waals surface area contributed by atoms with E-state index in [2.05, 4.69) is 0 Å². The molecule has 4 aliphatic heterocycles. The molecule has 0 unspecified atom stereocenters. The van der Waals surface area contributed by atoms with Crippen molar-refractivity contribution < 1.29 is 38.5 Å². The molecule has 4 atom stereocenters. The summed E-state index contributed by atoms with van der Waals surface area (Å²) in [6.45, 7) is -0.286. The molecular weight excluding hydrogens is 528 g/mol. The molecule has 0 aromatic heterocycles. The van der Waals surface area contributed by atoms with Gasteiger partial charge in [0.15, 0.2) is 45.1 Å². The van der Waals surface area contributed by atoms with Gasteiger partial charge in [0.1, 0.15) is 0 Å². The lowest BCUT2D eigenvalue weighted by Crippen LogP contribution is -2.52. The molecule has 0 aliphatic carbocycles. The number of carbonyl (C=O) groups excluding carboxylic acids is 1. The van der Waals surface area contributed by atoms with E-state index in [4.69, 9.17) is 0 Å². The minimum absolute atomic E-state index is 0.00613. The summed E-state index contributed by atoms with van der Waals surface area (Å²) in [6, 6.07) is -1.78.